The smallest absolute Gasteiger partial charge is 0.475 e. The van der Waals surface area contributed by atoms with Gasteiger partial charge in [0, 0.05) is 41.9 Å². The van der Waals surface area contributed by atoms with Crippen molar-refractivity contribution in [2.24, 2.45) is 12.8 Å². The summed E-state index contributed by atoms with van der Waals surface area (Å²) in [5.41, 5.74) is 12.5. The van der Waals surface area contributed by atoms with Crippen LogP contribution >= 0.6 is 0 Å². The van der Waals surface area contributed by atoms with E-state index in [0.29, 0.717) is 23.8 Å². The number of anilines is 1. The van der Waals surface area contributed by atoms with Crippen LogP contribution in [-0.2, 0) is 18.4 Å². The fourth-order valence-electron chi connectivity index (χ4n) is 3.58. The van der Waals surface area contributed by atoms with Crippen molar-refractivity contribution in [3.63, 3.8) is 0 Å². The number of alkyl halides is 3. The molecule has 0 aliphatic rings. The van der Waals surface area contributed by atoms with Gasteiger partial charge in [-0.25, -0.2) is 4.79 Å². The fraction of sp³-hybridized carbons (Fsp3) is 0.375. The van der Waals surface area contributed by atoms with Crippen molar-refractivity contribution in [1.29, 1.82) is 0 Å². The van der Waals surface area contributed by atoms with Crippen molar-refractivity contribution < 1.29 is 27.9 Å². The molecular formula is C24H30F3N5O3. The molecule has 0 spiro atoms. The minimum absolute atomic E-state index is 0.174. The number of carboxylic acid groups (broad SMARTS) is 1. The maximum Gasteiger partial charge on any atom is 0.490 e. The summed E-state index contributed by atoms with van der Waals surface area (Å²) in [6.45, 7) is 10.6. The van der Waals surface area contributed by atoms with Crippen LogP contribution in [-0.4, -0.2) is 37.5 Å². The quantitative estimate of drug-likeness (QED) is 0.480. The van der Waals surface area contributed by atoms with Crippen LogP contribution in [0.3, 0.4) is 0 Å². The van der Waals surface area contributed by atoms with E-state index in [-0.39, 0.29) is 5.91 Å². The first kappa shape index (κ1) is 27.6. The molecular weight excluding hydrogens is 463 g/mol. The average molecular weight is 494 g/mol. The second kappa shape index (κ2) is 10.8. The molecule has 0 fully saturated rings. The Balaban J connectivity index is 0.000000540. The number of benzene rings is 1. The highest BCUT2D eigenvalue weighted by Gasteiger charge is 2.38. The van der Waals surface area contributed by atoms with Crippen molar-refractivity contribution in [3.8, 4) is 5.69 Å². The summed E-state index contributed by atoms with van der Waals surface area (Å²) < 4.78 is 35.6. The van der Waals surface area contributed by atoms with Gasteiger partial charge in [0.05, 0.1) is 5.56 Å². The second-order valence-corrected chi connectivity index (χ2v) is 8.37. The summed E-state index contributed by atoms with van der Waals surface area (Å²) in [6, 6.07) is 10.4. The standard InChI is InChI=1S/C22H29N5O.C2HF3O2/c1-13(2)17-8-7-9-18(11-17)27-14(3)10-19(16(27)5)22(28)24-21-20(12-23)15(4)26(6)25-21;3-2(4,5)1(6)7/h7-11,13H,12,23H2,1-6H3,(H,24,25,28);(H,6,7). The predicted octanol–water partition coefficient (Wildman–Crippen LogP) is 4.60. The molecule has 0 unspecified atom stereocenters. The van der Waals surface area contributed by atoms with Crippen LogP contribution < -0.4 is 11.1 Å². The van der Waals surface area contributed by atoms with Gasteiger partial charge in [0.15, 0.2) is 5.82 Å². The lowest BCUT2D eigenvalue weighted by Crippen LogP contribution is -2.21. The first-order valence-corrected chi connectivity index (χ1v) is 10.8. The van der Waals surface area contributed by atoms with Gasteiger partial charge in [-0.3, -0.25) is 9.48 Å². The van der Waals surface area contributed by atoms with Gasteiger partial charge in [-0.2, -0.15) is 18.3 Å². The lowest BCUT2D eigenvalue weighted by molar-refractivity contribution is -0.192. The van der Waals surface area contributed by atoms with Gasteiger partial charge in [0.2, 0.25) is 0 Å². The largest absolute Gasteiger partial charge is 0.490 e. The molecule has 3 rings (SSSR count). The van der Waals surface area contributed by atoms with Gasteiger partial charge in [-0.15, -0.1) is 0 Å². The van der Waals surface area contributed by atoms with Crippen LogP contribution in [0.5, 0.6) is 0 Å². The van der Waals surface area contributed by atoms with E-state index < -0.39 is 12.1 Å². The van der Waals surface area contributed by atoms with E-state index in [1.54, 1.807) is 4.68 Å². The molecule has 0 bridgehead atoms. The number of aryl methyl sites for hydroxylation is 2. The number of amides is 1. The zero-order valence-electron chi connectivity index (χ0n) is 20.5. The number of rotatable bonds is 5. The van der Waals surface area contributed by atoms with Crippen LogP contribution in [0.15, 0.2) is 30.3 Å². The highest BCUT2D eigenvalue weighted by molar-refractivity contribution is 6.05. The molecule has 35 heavy (non-hydrogen) atoms. The SMILES string of the molecule is Cc1c(CN)c(NC(=O)c2cc(C)n(-c3cccc(C(C)C)c3)c2C)nn1C.O=C(O)C(F)(F)F. The molecule has 0 saturated heterocycles. The van der Waals surface area contributed by atoms with Gasteiger partial charge in [0.1, 0.15) is 0 Å². The number of hydrogen-bond acceptors (Lipinski definition) is 4. The summed E-state index contributed by atoms with van der Waals surface area (Å²) in [6.07, 6.45) is -5.08. The number of nitrogens with one attached hydrogen (secondary N) is 1. The zero-order chi connectivity index (χ0) is 26.7. The van der Waals surface area contributed by atoms with Crippen LogP contribution in [0, 0.1) is 20.8 Å². The number of nitrogens with two attached hydrogens (primary N) is 1. The lowest BCUT2D eigenvalue weighted by Gasteiger charge is -2.13. The Labute approximate surface area is 201 Å². The Morgan fingerprint density at radius 1 is 1.14 bits per heavy atom. The van der Waals surface area contributed by atoms with Gasteiger partial charge in [-0.05, 0) is 50.5 Å². The molecule has 1 aromatic carbocycles. The molecule has 0 radical (unpaired) electrons. The molecule has 190 valence electrons. The van der Waals surface area contributed by atoms with E-state index >= 15 is 0 Å². The van der Waals surface area contributed by atoms with Crippen molar-refractivity contribution in [1.82, 2.24) is 14.3 Å². The van der Waals surface area contributed by atoms with Crippen LogP contribution in [0.2, 0.25) is 0 Å². The molecule has 3 aromatic rings. The van der Waals surface area contributed by atoms with Crippen LogP contribution in [0.1, 0.15) is 58.3 Å². The minimum atomic E-state index is -5.08. The zero-order valence-corrected chi connectivity index (χ0v) is 20.5. The summed E-state index contributed by atoms with van der Waals surface area (Å²) in [5.74, 6) is -1.96. The summed E-state index contributed by atoms with van der Waals surface area (Å²) in [5, 5.41) is 14.5. The average Bonchev–Trinajstić information content (AvgIpc) is 3.21. The summed E-state index contributed by atoms with van der Waals surface area (Å²) >= 11 is 0. The first-order valence-electron chi connectivity index (χ1n) is 10.8. The Kier molecular flexibility index (Phi) is 8.50. The highest BCUT2D eigenvalue weighted by Crippen LogP contribution is 2.25. The monoisotopic (exact) mass is 493 g/mol. The number of carbonyl (C=O) groups is 2. The molecule has 1 amide bonds. The number of nitrogens with zero attached hydrogens (tertiary/aromatic N) is 3. The van der Waals surface area contributed by atoms with Crippen molar-refractivity contribution >= 4 is 17.7 Å². The molecule has 0 saturated carbocycles. The van der Waals surface area contributed by atoms with Gasteiger partial charge >= 0.3 is 12.1 Å². The Morgan fingerprint density at radius 3 is 2.26 bits per heavy atom. The molecule has 2 aromatic heterocycles. The summed E-state index contributed by atoms with van der Waals surface area (Å²) in [7, 11) is 1.84. The third kappa shape index (κ3) is 6.30. The third-order valence-electron chi connectivity index (χ3n) is 5.61. The van der Waals surface area contributed by atoms with Crippen LogP contribution in [0.4, 0.5) is 19.0 Å². The minimum Gasteiger partial charge on any atom is -0.475 e. The van der Waals surface area contributed by atoms with Crippen molar-refractivity contribution in [2.75, 3.05) is 5.32 Å². The molecule has 0 atom stereocenters. The lowest BCUT2D eigenvalue weighted by atomic mass is 10.0. The number of aliphatic carboxylic acids is 1. The molecule has 4 N–H and O–H groups in total. The topological polar surface area (TPSA) is 115 Å². The molecule has 11 heteroatoms. The number of aromatic nitrogens is 3. The van der Waals surface area contributed by atoms with Crippen LogP contribution in [0.25, 0.3) is 5.69 Å². The van der Waals surface area contributed by atoms with Gasteiger partial charge in [0.25, 0.3) is 5.91 Å². The summed E-state index contributed by atoms with van der Waals surface area (Å²) in [4.78, 5) is 21.9. The molecule has 0 aliphatic carbocycles. The maximum atomic E-state index is 13.0. The van der Waals surface area contributed by atoms with E-state index in [1.807, 2.05) is 33.9 Å². The van der Waals surface area contributed by atoms with E-state index in [0.717, 1.165) is 28.3 Å². The maximum absolute atomic E-state index is 13.0. The van der Waals surface area contributed by atoms with Crippen molar-refractivity contribution in [3.05, 3.63) is 64.1 Å². The fourth-order valence-corrected chi connectivity index (χ4v) is 3.58. The van der Waals surface area contributed by atoms with Gasteiger partial charge < -0.3 is 20.7 Å². The Hall–Kier alpha value is -3.60. The van der Waals surface area contributed by atoms with E-state index in [1.165, 1.54) is 5.56 Å². The second-order valence-electron chi connectivity index (χ2n) is 8.37. The van der Waals surface area contributed by atoms with Gasteiger partial charge in [-0.1, -0.05) is 26.0 Å². The van der Waals surface area contributed by atoms with E-state index in [4.69, 9.17) is 15.6 Å². The Morgan fingerprint density at radius 2 is 1.74 bits per heavy atom. The number of halogens is 3. The van der Waals surface area contributed by atoms with E-state index in [9.17, 15) is 18.0 Å². The predicted molar refractivity (Wildman–Crippen MR) is 127 cm³/mol. The normalized spacial score (nSPS) is 11.3. The number of carbonyl (C=O) groups excluding carboxylic acids is 1. The van der Waals surface area contributed by atoms with Crippen molar-refractivity contribution in [2.45, 2.75) is 53.3 Å². The number of carboxylic acids is 1. The third-order valence-corrected chi connectivity index (χ3v) is 5.61. The first-order chi connectivity index (χ1) is 16.2. The molecule has 2 heterocycles. The molecule has 0 aliphatic heterocycles. The number of hydrogen-bond donors (Lipinski definition) is 3. The van der Waals surface area contributed by atoms with E-state index in [2.05, 4.69) is 53.1 Å². The highest BCUT2D eigenvalue weighted by atomic mass is 19.4. The Bertz CT molecular complexity index is 1230. The molecule has 8 nitrogen and oxygen atoms in total.